The maximum atomic E-state index is 12.9. The summed E-state index contributed by atoms with van der Waals surface area (Å²) in [7, 11) is 5.47. The lowest BCUT2D eigenvalue weighted by Crippen LogP contribution is -2.49. The minimum absolute atomic E-state index is 0.0474. The molecule has 1 aliphatic rings. The number of anilines is 2. The van der Waals surface area contributed by atoms with Gasteiger partial charge in [-0.25, -0.2) is 4.98 Å². The largest absolute Gasteiger partial charge is 0.497 e. The van der Waals surface area contributed by atoms with Crippen LogP contribution in [0.5, 0.6) is 5.75 Å². The van der Waals surface area contributed by atoms with Gasteiger partial charge in [-0.05, 0) is 36.4 Å². The zero-order valence-electron chi connectivity index (χ0n) is 15.0. The first-order valence-corrected chi connectivity index (χ1v) is 8.41. The molecule has 2 heterocycles. The van der Waals surface area contributed by atoms with Crippen molar-refractivity contribution in [3.05, 3.63) is 48.2 Å². The van der Waals surface area contributed by atoms with Crippen LogP contribution in [-0.2, 0) is 0 Å². The van der Waals surface area contributed by atoms with Crippen LogP contribution in [-0.4, -0.2) is 63.2 Å². The number of hydrogen-bond donors (Lipinski definition) is 0. The molecule has 6 nitrogen and oxygen atoms in total. The van der Waals surface area contributed by atoms with E-state index in [0.717, 1.165) is 24.5 Å². The van der Waals surface area contributed by atoms with Crippen molar-refractivity contribution < 1.29 is 9.53 Å². The summed E-state index contributed by atoms with van der Waals surface area (Å²) in [6, 6.07) is 11.7. The van der Waals surface area contributed by atoms with Crippen LogP contribution in [0.2, 0.25) is 0 Å². The maximum Gasteiger partial charge on any atom is 0.257 e. The minimum Gasteiger partial charge on any atom is -0.497 e. The summed E-state index contributed by atoms with van der Waals surface area (Å²) < 4.78 is 5.20. The Kier molecular flexibility index (Phi) is 5.07. The second-order valence-electron chi connectivity index (χ2n) is 6.25. The van der Waals surface area contributed by atoms with Crippen LogP contribution in [0.25, 0.3) is 0 Å². The number of amides is 1. The Morgan fingerprint density at radius 1 is 1.08 bits per heavy atom. The molecule has 0 unspecified atom stereocenters. The Bertz CT molecular complexity index is 722. The van der Waals surface area contributed by atoms with Gasteiger partial charge >= 0.3 is 0 Å². The zero-order valence-corrected chi connectivity index (χ0v) is 15.0. The molecule has 0 spiro atoms. The summed E-state index contributed by atoms with van der Waals surface area (Å²) in [5, 5.41) is 0. The third-order valence-corrected chi connectivity index (χ3v) is 4.45. The van der Waals surface area contributed by atoms with E-state index in [1.807, 2.05) is 48.2 Å². The molecule has 1 amide bonds. The lowest BCUT2D eigenvalue weighted by molar-refractivity contribution is 0.0747. The summed E-state index contributed by atoms with van der Waals surface area (Å²) in [4.78, 5) is 23.3. The highest BCUT2D eigenvalue weighted by molar-refractivity contribution is 5.99. The molecule has 1 aliphatic heterocycles. The minimum atomic E-state index is 0.0474. The van der Waals surface area contributed by atoms with Gasteiger partial charge in [-0.2, -0.15) is 0 Å². The molecule has 2 aromatic rings. The van der Waals surface area contributed by atoms with Crippen LogP contribution < -0.4 is 14.5 Å². The van der Waals surface area contributed by atoms with Gasteiger partial charge in [0.15, 0.2) is 0 Å². The molecule has 3 rings (SSSR count). The Morgan fingerprint density at radius 2 is 1.76 bits per heavy atom. The molecule has 0 N–H and O–H groups in total. The summed E-state index contributed by atoms with van der Waals surface area (Å²) in [5.41, 5.74) is 1.81. The third-order valence-electron chi connectivity index (χ3n) is 4.45. The van der Waals surface area contributed by atoms with Crippen LogP contribution >= 0.6 is 0 Å². The number of ether oxygens (including phenoxy) is 1. The molecule has 0 bridgehead atoms. The van der Waals surface area contributed by atoms with Crippen molar-refractivity contribution in [2.24, 2.45) is 0 Å². The van der Waals surface area contributed by atoms with Crippen molar-refractivity contribution in [1.29, 1.82) is 0 Å². The average molecular weight is 340 g/mol. The van der Waals surface area contributed by atoms with E-state index >= 15 is 0 Å². The molecular weight excluding hydrogens is 316 g/mol. The number of piperazine rings is 1. The summed E-state index contributed by atoms with van der Waals surface area (Å²) in [6.45, 7) is 3.03. The zero-order chi connectivity index (χ0) is 17.8. The Balaban J connectivity index is 1.66. The maximum absolute atomic E-state index is 12.9. The summed E-state index contributed by atoms with van der Waals surface area (Å²) in [6.07, 6.45) is 1.72. The van der Waals surface area contributed by atoms with E-state index in [1.165, 1.54) is 0 Å². The van der Waals surface area contributed by atoms with Gasteiger partial charge in [-0.1, -0.05) is 0 Å². The van der Waals surface area contributed by atoms with Gasteiger partial charge < -0.3 is 19.4 Å². The predicted octanol–water partition coefficient (Wildman–Crippen LogP) is 2.12. The molecule has 0 radical (unpaired) electrons. The number of hydrogen-bond acceptors (Lipinski definition) is 5. The highest BCUT2D eigenvalue weighted by Crippen LogP contribution is 2.22. The van der Waals surface area contributed by atoms with Gasteiger partial charge in [0.05, 0.1) is 12.7 Å². The lowest BCUT2D eigenvalue weighted by atomic mass is 10.2. The first-order valence-electron chi connectivity index (χ1n) is 8.41. The van der Waals surface area contributed by atoms with Crippen molar-refractivity contribution in [3.63, 3.8) is 0 Å². The van der Waals surface area contributed by atoms with E-state index in [2.05, 4.69) is 22.0 Å². The fourth-order valence-corrected chi connectivity index (χ4v) is 3.05. The van der Waals surface area contributed by atoms with Crippen LogP contribution in [0.4, 0.5) is 11.5 Å². The Labute approximate surface area is 148 Å². The van der Waals surface area contributed by atoms with Gasteiger partial charge in [-0.3, -0.25) is 4.79 Å². The predicted molar refractivity (Wildman–Crippen MR) is 99.7 cm³/mol. The molecule has 0 atom stereocenters. The standard InChI is InChI=1S/C19H24N4O2/c1-21(2)18-17(5-4-10-20-18)19(24)23-13-11-22(12-14-23)15-6-8-16(25-3)9-7-15/h4-10H,11-14H2,1-3H3. The number of nitrogens with zero attached hydrogens (tertiary/aromatic N) is 4. The molecule has 1 aromatic carbocycles. The number of carbonyl (C=O) groups excluding carboxylic acids is 1. The van der Waals surface area contributed by atoms with Crippen LogP contribution in [0, 0.1) is 0 Å². The normalized spacial score (nSPS) is 14.4. The van der Waals surface area contributed by atoms with E-state index in [1.54, 1.807) is 13.3 Å². The summed E-state index contributed by atoms with van der Waals surface area (Å²) in [5.74, 6) is 1.61. The Hall–Kier alpha value is -2.76. The molecule has 6 heteroatoms. The molecule has 1 aromatic heterocycles. The van der Waals surface area contributed by atoms with Gasteiger partial charge in [0.1, 0.15) is 11.6 Å². The van der Waals surface area contributed by atoms with Crippen LogP contribution in [0.3, 0.4) is 0 Å². The van der Waals surface area contributed by atoms with Gasteiger partial charge in [-0.15, -0.1) is 0 Å². The quantitative estimate of drug-likeness (QED) is 0.853. The molecule has 0 saturated carbocycles. The molecular formula is C19H24N4O2. The number of methoxy groups -OCH3 is 1. The second-order valence-corrected chi connectivity index (χ2v) is 6.25. The first kappa shape index (κ1) is 17.1. The van der Waals surface area contributed by atoms with E-state index in [4.69, 9.17) is 4.74 Å². The van der Waals surface area contributed by atoms with Crippen molar-refractivity contribution in [1.82, 2.24) is 9.88 Å². The second kappa shape index (κ2) is 7.42. The molecule has 1 fully saturated rings. The molecule has 0 aliphatic carbocycles. The highest BCUT2D eigenvalue weighted by Gasteiger charge is 2.24. The monoisotopic (exact) mass is 340 g/mol. The number of pyridine rings is 1. The van der Waals surface area contributed by atoms with Crippen molar-refractivity contribution in [3.8, 4) is 5.75 Å². The van der Waals surface area contributed by atoms with Gasteiger partial charge in [0.2, 0.25) is 0 Å². The smallest absolute Gasteiger partial charge is 0.257 e. The highest BCUT2D eigenvalue weighted by atomic mass is 16.5. The fraction of sp³-hybridized carbons (Fsp3) is 0.368. The fourth-order valence-electron chi connectivity index (χ4n) is 3.05. The lowest BCUT2D eigenvalue weighted by Gasteiger charge is -2.36. The number of rotatable bonds is 4. The average Bonchev–Trinajstić information content (AvgIpc) is 2.67. The van der Waals surface area contributed by atoms with Crippen molar-refractivity contribution >= 4 is 17.4 Å². The van der Waals surface area contributed by atoms with Gasteiger partial charge in [0, 0.05) is 52.2 Å². The first-order chi connectivity index (χ1) is 12.1. The Morgan fingerprint density at radius 3 is 2.36 bits per heavy atom. The van der Waals surface area contributed by atoms with Crippen molar-refractivity contribution in [2.75, 3.05) is 57.2 Å². The molecule has 1 saturated heterocycles. The SMILES string of the molecule is COc1ccc(N2CCN(C(=O)c3cccnc3N(C)C)CC2)cc1. The number of aromatic nitrogens is 1. The van der Waals surface area contributed by atoms with E-state index in [9.17, 15) is 4.79 Å². The van der Waals surface area contributed by atoms with E-state index in [0.29, 0.717) is 24.5 Å². The number of carbonyl (C=O) groups is 1. The third kappa shape index (κ3) is 3.68. The van der Waals surface area contributed by atoms with Crippen LogP contribution in [0.1, 0.15) is 10.4 Å². The summed E-state index contributed by atoms with van der Waals surface area (Å²) >= 11 is 0. The topological polar surface area (TPSA) is 48.9 Å². The van der Waals surface area contributed by atoms with E-state index in [-0.39, 0.29) is 5.91 Å². The van der Waals surface area contributed by atoms with Crippen LogP contribution in [0.15, 0.2) is 42.6 Å². The molecule has 132 valence electrons. The van der Waals surface area contributed by atoms with Gasteiger partial charge in [0.25, 0.3) is 5.91 Å². The molecule has 25 heavy (non-hydrogen) atoms. The van der Waals surface area contributed by atoms with E-state index < -0.39 is 0 Å². The number of benzene rings is 1. The van der Waals surface area contributed by atoms with Crippen molar-refractivity contribution in [2.45, 2.75) is 0 Å².